The molecule has 0 aliphatic heterocycles. The lowest BCUT2D eigenvalue weighted by atomic mass is 10.1. The Morgan fingerprint density at radius 3 is 2.61 bits per heavy atom. The van der Waals surface area contributed by atoms with Gasteiger partial charge in [0.15, 0.2) is 16.7 Å². The molecule has 4 aromatic rings. The molecule has 0 radical (unpaired) electrons. The van der Waals surface area contributed by atoms with Crippen molar-refractivity contribution in [1.82, 2.24) is 14.8 Å². The molecule has 38 heavy (non-hydrogen) atoms. The third kappa shape index (κ3) is 6.83. The lowest BCUT2D eigenvalue weighted by molar-refractivity contribution is -0.479. The lowest BCUT2D eigenvalue weighted by Gasteiger charge is -2.19. The van der Waals surface area contributed by atoms with Gasteiger partial charge in [0.1, 0.15) is 23.5 Å². The molecule has 12 heteroatoms. The monoisotopic (exact) mass is 620 g/mol. The molecule has 0 amide bonds. The summed E-state index contributed by atoms with van der Waals surface area (Å²) in [5, 5.41) is 20.4. The number of hydrogen-bond donors (Lipinski definition) is 0. The maximum Gasteiger partial charge on any atom is 0.220 e. The standard InChI is InChI=1S/C26H23BrClFN4O4S/c1-3-36-23-13-18(12-22(27)25(23)37-15-17-5-4-6-19(28)11-17)24(14-32(34)35)38-26-31-30-16(2)33(26)21-9-7-20(29)8-10-21/h4-13,24H,3,14-15H2,1-2H3/t24-/m0/s1. The van der Waals surface area contributed by atoms with Crippen LogP contribution in [0.15, 0.2) is 70.3 Å². The van der Waals surface area contributed by atoms with Crippen LogP contribution in [0.5, 0.6) is 11.5 Å². The van der Waals surface area contributed by atoms with E-state index in [0.29, 0.717) is 49.8 Å². The van der Waals surface area contributed by atoms with Gasteiger partial charge in [-0.3, -0.25) is 14.7 Å². The van der Waals surface area contributed by atoms with Crippen molar-refractivity contribution >= 4 is 39.3 Å². The highest BCUT2D eigenvalue weighted by atomic mass is 79.9. The van der Waals surface area contributed by atoms with Gasteiger partial charge in [0.25, 0.3) is 0 Å². The van der Waals surface area contributed by atoms with Crippen molar-refractivity contribution in [2.45, 2.75) is 30.9 Å². The van der Waals surface area contributed by atoms with Gasteiger partial charge >= 0.3 is 0 Å². The second-order valence-corrected chi connectivity index (χ2v) is 10.6. The lowest BCUT2D eigenvalue weighted by Crippen LogP contribution is -2.12. The van der Waals surface area contributed by atoms with Gasteiger partial charge in [0, 0.05) is 15.6 Å². The van der Waals surface area contributed by atoms with E-state index in [1.165, 1.54) is 23.9 Å². The van der Waals surface area contributed by atoms with Crippen LogP contribution in [-0.2, 0) is 6.61 Å². The van der Waals surface area contributed by atoms with Crippen molar-refractivity contribution in [2.24, 2.45) is 0 Å². The molecule has 0 unspecified atom stereocenters. The quantitative estimate of drug-likeness (QED) is 0.0992. The summed E-state index contributed by atoms with van der Waals surface area (Å²) in [4.78, 5) is 11.3. The number of rotatable bonds is 11. The Morgan fingerprint density at radius 2 is 1.92 bits per heavy atom. The van der Waals surface area contributed by atoms with Crippen LogP contribution in [0.2, 0.25) is 5.02 Å². The van der Waals surface area contributed by atoms with E-state index in [0.717, 1.165) is 5.56 Å². The summed E-state index contributed by atoms with van der Waals surface area (Å²) in [7, 11) is 0. The fourth-order valence-electron chi connectivity index (χ4n) is 3.74. The fourth-order valence-corrected chi connectivity index (χ4v) is 5.68. The molecule has 198 valence electrons. The Bertz CT molecular complexity index is 1440. The molecule has 0 aliphatic carbocycles. The average Bonchev–Trinajstić information content (AvgIpc) is 3.23. The Morgan fingerprint density at radius 1 is 1.16 bits per heavy atom. The number of nitrogens with zero attached hydrogens (tertiary/aromatic N) is 4. The second-order valence-electron chi connectivity index (χ2n) is 8.15. The summed E-state index contributed by atoms with van der Waals surface area (Å²) in [6, 6.07) is 16.8. The smallest absolute Gasteiger partial charge is 0.220 e. The SMILES string of the molecule is CCOc1cc([C@H](C[N+](=O)[O-])Sc2nnc(C)n2-c2ccc(F)cc2)cc(Br)c1OCc1cccc(Cl)c1. The van der Waals surface area contributed by atoms with Gasteiger partial charge in [-0.2, -0.15) is 0 Å². The molecule has 0 fully saturated rings. The van der Waals surface area contributed by atoms with E-state index in [9.17, 15) is 14.5 Å². The largest absolute Gasteiger partial charge is 0.490 e. The molecule has 0 N–H and O–H groups in total. The predicted molar refractivity (Wildman–Crippen MR) is 148 cm³/mol. The first kappa shape index (κ1) is 27.9. The van der Waals surface area contributed by atoms with Crippen LogP contribution < -0.4 is 9.47 Å². The predicted octanol–water partition coefficient (Wildman–Crippen LogP) is 7.22. The third-order valence-corrected chi connectivity index (χ3v) is 7.42. The molecule has 0 saturated carbocycles. The molecular formula is C26H23BrClFN4O4S. The van der Waals surface area contributed by atoms with E-state index in [1.807, 2.05) is 25.1 Å². The zero-order chi connectivity index (χ0) is 27.2. The minimum atomic E-state index is -0.634. The Balaban J connectivity index is 1.67. The van der Waals surface area contributed by atoms with Gasteiger partial charge in [-0.25, -0.2) is 4.39 Å². The van der Waals surface area contributed by atoms with Crippen LogP contribution >= 0.6 is 39.3 Å². The van der Waals surface area contributed by atoms with E-state index in [2.05, 4.69) is 26.1 Å². The zero-order valence-electron chi connectivity index (χ0n) is 20.4. The summed E-state index contributed by atoms with van der Waals surface area (Å²) in [6.07, 6.45) is 0. The first-order chi connectivity index (χ1) is 18.2. The topological polar surface area (TPSA) is 92.3 Å². The maximum absolute atomic E-state index is 13.5. The number of halogens is 3. The first-order valence-corrected chi connectivity index (χ1v) is 13.6. The molecule has 4 rings (SSSR count). The Hall–Kier alpha value is -3.15. The molecule has 1 heterocycles. The van der Waals surface area contributed by atoms with Crippen LogP contribution in [0.4, 0.5) is 4.39 Å². The summed E-state index contributed by atoms with van der Waals surface area (Å²) < 4.78 is 27.7. The van der Waals surface area contributed by atoms with Gasteiger partial charge in [-0.1, -0.05) is 35.5 Å². The second kappa shape index (κ2) is 12.6. The van der Waals surface area contributed by atoms with E-state index >= 15 is 0 Å². The Kier molecular flexibility index (Phi) is 9.24. The number of thioether (sulfide) groups is 1. The van der Waals surface area contributed by atoms with Crippen LogP contribution in [0.25, 0.3) is 5.69 Å². The van der Waals surface area contributed by atoms with Gasteiger partial charge in [-0.05, 0) is 89.4 Å². The van der Waals surface area contributed by atoms with Crippen LogP contribution in [-0.4, -0.2) is 32.8 Å². The summed E-state index contributed by atoms with van der Waals surface area (Å²) in [5.74, 6) is 1.13. The van der Waals surface area contributed by atoms with Gasteiger partial charge in [-0.15, -0.1) is 10.2 Å². The van der Waals surface area contributed by atoms with Crippen LogP contribution in [0.3, 0.4) is 0 Å². The molecule has 8 nitrogen and oxygen atoms in total. The van der Waals surface area contributed by atoms with Crippen molar-refractivity contribution in [3.8, 4) is 17.2 Å². The van der Waals surface area contributed by atoms with Gasteiger partial charge in [0.2, 0.25) is 6.54 Å². The number of nitro groups is 1. The number of aromatic nitrogens is 3. The van der Waals surface area contributed by atoms with E-state index in [-0.39, 0.29) is 23.9 Å². The molecule has 1 atom stereocenters. The molecule has 0 saturated heterocycles. The molecule has 0 aliphatic rings. The normalized spacial score (nSPS) is 11.8. The summed E-state index contributed by atoms with van der Waals surface area (Å²) >= 11 is 10.8. The Labute approximate surface area is 236 Å². The number of ether oxygens (including phenoxy) is 2. The highest BCUT2D eigenvalue weighted by molar-refractivity contribution is 9.10. The summed E-state index contributed by atoms with van der Waals surface area (Å²) in [6.45, 7) is 3.86. The van der Waals surface area contributed by atoms with E-state index < -0.39 is 5.25 Å². The number of benzene rings is 3. The van der Waals surface area contributed by atoms with E-state index in [4.69, 9.17) is 21.1 Å². The van der Waals surface area contributed by atoms with Gasteiger partial charge in [0.05, 0.1) is 11.1 Å². The van der Waals surface area contributed by atoms with Crippen LogP contribution in [0.1, 0.15) is 29.1 Å². The third-order valence-electron chi connectivity index (χ3n) is 5.42. The molecular weight excluding hydrogens is 599 g/mol. The molecule has 0 bridgehead atoms. The number of aryl methyl sites for hydroxylation is 1. The van der Waals surface area contributed by atoms with Crippen molar-refractivity contribution in [3.05, 3.63) is 103 Å². The fraction of sp³-hybridized carbons (Fsp3) is 0.231. The first-order valence-electron chi connectivity index (χ1n) is 11.5. The summed E-state index contributed by atoms with van der Waals surface area (Å²) in [5.41, 5.74) is 2.17. The minimum Gasteiger partial charge on any atom is -0.490 e. The zero-order valence-corrected chi connectivity index (χ0v) is 23.6. The molecule has 3 aromatic carbocycles. The maximum atomic E-state index is 13.5. The van der Waals surface area contributed by atoms with Crippen molar-refractivity contribution in [2.75, 3.05) is 13.2 Å². The minimum absolute atomic E-state index is 0.256. The van der Waals surface area contributed by atoms with E-state index in [1.54, 1.807) is 41.8 Å². The molecule has 1 aromatic heterocycles. The highest BCUT2D eigenvalue weighted by Crippen LogP contribution is 2.43. The van der Waals surface area contributed by atoms with Gasteiger partial charge < -0.3 is 9.47 Å². The average molecular weight is 622 g/mol. The molecule has 0 spiro atoms. The van der Waals surface area contributed by atoms with Crippen molar-refractivity contribution in [1.29, 1.82) is 0 Å². The van der Waals surface area contributed by atoms with Crippen molar-refractivity contribution in [3.63, 3.8) is 0 Å². The highest BCUT2D eigenvalue weighted by Gasteiger charge is 2.26. The van der Waals surface area contributed by atoms with Crippen LogP contribution in [0, 0.1) is 22.9 Å². The van der Waals surface area contributed by atoms with Crippen molar-refractivity contribution < 1.29 is 18.8 Å². The number of hydrogen-bond acceptors (Lipinski definition) is 7.